The molecular weight excluding hydrogens is 363 g/mol. The molecule has 0 atom stereocenters. The van der Waals surface area contributed by atoms with E-state index in [2.05, 4.69) is 10.5 Å². The average molecular weight is 376 g/mol. The number of nitrogens with one attached hydrogen (secondary N) is 1. The number of nitrogens with zero attached hydrogens (tertiary/aromatic N) is 1. The van der Waals surface area contributed by atoms with E-state index in [4.69, 9.17) is 44.0 Å². The smallest absolute Gasteiger partial charge is 0.277 e. The average Bonchev–Trinajstić information content (AvgIpc) is 2.90. The molecule has 1 aromatic heterocycles. The van der Waals surface area contributed by atoms with Gasteiger partial charge in [-0.2, -0.15) is 5.10 Å². The van der Waals surface area contributed by atoms with Gasteiger partial charge in [-0.15, -0.1) is 0 Å². The Hall–Kier alpha value is -1.69. The van der Waals surface area contributed by atoms with Gasteiger partial charge < -0.3 is 9.15 Å². The summed E-state index contributed by atoms with van der Waals surface area (Å²) in [6.45, 7) is 3.24. The minimum absolute atomic E-state index is 0.190. The van der Waals surface area contributed by atoms with Crippen LogP contribution in [0.2, 0.25) is 15.1 Å². The number of rotatable bonds is 5. The molecule has 0 spiro atoms. The summed E-state index contributed by atoms with van der Waals surface area (Å²) >= 11 is 17.7. The molecule has 5 nitrogen and oxygen atoms in total. The Labute approximate surface area is 148 Å². The van der Waals surface area contributed by atoms with E-state index in [0.717, 1.165) is 5.76 Å². The molecule has 0 aliphatic carbocycles. The Balaban J connectivity index is 1.93. The minimum atomic E-state index is -0.463. The zero-order valence-corrected chi connectivity index (χ0v) is 14.6. The van der Waals surface area contributed by atoms with Crippen LogP contribution in [0, 0.1) is 6.92 Å². The van der Waals surface area contributed by atoms with Gasteiger partial charge in [0, 0.05) is 5.02 Å². The van der Waals surface area contributed by atoms with Crippen molar-refractivity contribution in [1.82, 2.24) is 5.43 Å². The predicted molar refractivity (Wildman–Crippen MR) is 90.8 cm³/mol. The van der Waals surface area contributed by atoms with Gasteiger partial charge in [-0.1, -0.05) is 34.8 Å². The molecule has 2 aromatic rings. The number of furan rings is 1. The number of hydrogen-bond donors (Lipinski definition) is 1. The molecule has 2 rings (SSSR count). The quantitative estimate of drug-likeness (QED) is 0.619. The minimum Gasteiger partial charge on any atom is -0.481 e. The normalized spacial score (nSPS) is 11.4. The summed E-state index contributed by atoms with van der Waals surface area (Å²) in [5, 5.41) is 4.76. The summed E-state index contributed by atoms with van der Waals surface area (Å²) in [7, 11) is 0. The van der Waals surface area contributed by atoms with Crippen LogP contribution in [-0.4, -0.2) is 18.2 Å². The number of amides is 1. The fraction of sp³-hybridized carbons (Fsp3) is 0.200. The van der Waals surface area contributed by atoms with Gasteiger partial charge in [-0.25, -0.2) is 5.43 Å². The maximum absolute atomic E-state index is 11.8. The second-order valence-electron chi connectivity index (χ2n) is 4.63. The Morgan fingerprint density at radius 3 is 2.48 bits per heavy atom. The van der Waals surface area contributed by atoms with Crippen LogP contribution in [0.1, 0.15) is 18.4 Å². The molecule has 1 N–H and O–H groups in total. The number of carbonyl (C=O) groups excluding carboxylic acids is 1. The number of ether oxygens (including phenoxy) is 1. The number of carbonyl (C=O) groups is 1. The van der Waals surface area contributed by atoms with E-state index < -0.39 is 5.91 Å². The summed E-state index contributed by atoms with van der Waals surface area (Å²) in [5.41, 5.74) is 2.90. The van der Waals surface area contributed by atoms with Gasteiger partial charge in [0.1, 0.15) is 17.2 Å². The van der Waals surface area contributed by atoms with Crippen molar-refractivity contribution in [2.24, 2.45) is 5.10 Å². The third-order valence-corrected chi connectivity index (χ3v) is 3.54. The predicted octanol–water partition coefficient (Wildman–Crippen LogP) is 4.47. The molecule has 0 bridgehead atoms. The van der Waals surface area contributed by atoms with Gasteiger partial charge in [-0.05, 0) is 38.1 Å². The number of benzene rings is 1. The van der Waals surface area contributed by atoms with E-state index in [9.17, 15) is 4.79 Å². The van der Waals surface area contributed by atoms with Crippen molar-refractivity contribution < 1.29 is 13.9 Å². The highest BCUT2D eigenvalue weighted by atomic mass is 35.5. The lowest BCUT2D eigenvalue weighted by Gasteiger charge is -2.09. The molecule has 8 heteroatoms. The van der Waals surface area contributed by atoms with Crippen LogP contribution >= 0.6 is 34.8 Å². The maximum atomic E-state index is 11.8. The molecule has 0 fully saturated rings. The topological polar surface area (TPSA) is 63.8 Å². The first-order valence-corrected chi connectivity index (χ1v) is 7.67. The molecule has 0 saturated heterocycles. The van der Waals surface area contributed by atoms with Gasteiger partial charge in [0.05, 0.1) is 10.0 Å². The number of hydrazone groups is 1. The lowest BCUT2D eigenvalue weighted by molar-refractivity contribution is -0.123. The van der Waals surface area contributed by atoms with Gasteiger partial charge in [-0.3, -0.25) is 4.79 Å². The maximum Gasteiger partial charge on any atom is 0.277 e. The molecule has 0 radical (unpaired) electrons. The van der Waals surface area contributed by atoms with E-state index in [1.807, 2.05) is 13.0 Å². The highest BCUT2D eigenvalue weighted by Gasteiger charge is 2.11. The van der Waals surface area contributed by atoms with Crippen molar-refractivity contribution in [3.63, 3.8) is 0 Å². The first-order valence-electron chi connectivity index (χ1n) is 6.54. The molecule has 23 heavy (non-hydrogen) atoms. The summed E-state index contributed by atoms with van der Waals surface area (Å²) in [5.74, 6) is 1.06. The van der Waals surface area contributed by atoms with Gasteiger partial charge >= 0.3 is 0 Å². The Morgan fingerprint density at radius 2 is 1.91 bits per heavy atom. The van der Waals surface area contributed by atoms with Crippen molar-refractivity contribution in [2.45, 2.75) is 13.8 Å². The lowest BCUT2D eigenvalue weighted by Crippen LogP contribution is -2.25. The second-order valence-corrected chi connectivity index (χ2v) is 5.88. The van der Waals surface area contributed by atoms with Crippen LogP contribution in [0.5, 0.6) is 5.75 Å². The first kappa shape index (κ1) is 17.7. The molecule has 0 aliphatic rings. The van der Waals surface area contributed by atoms with E-state index in [1.165, 1.54) is 12.1 Å². The molecule has 0 aliphatic heterocycles. The number of aryl methyl sites for hydroxylation is 1. The summed E-state index contributed by atoms with van der Waals surface area (Å²) < 4.78 is 10.7. The summed E-state index contributed by atoms with van der Waals surface area (Å²) in [6, 6.07) is 6.53. The van der Waals surface area contributed by atoms with Crippen LogP contribution in [0.3, 0.4) is 0 Å². The molecule has 1 heterocycles. The fourth-order valence-electron chi connectivity index (χ4n) is 1.67. The fourth-order valence-corrected chi connectivity index (χ4v) is 2.59. The Bertz CT molecular complexity index is 733. The summed E-state index contributed by atoms with van der Waals surface area (Å²) in [6.07, 6.45) is 0. The van der Waals surface area contributed by atoms with Crippen LogP contribution in [-0.2, 0) is 4.79 Å². The van der Waals surface area contributed by atoms with Crippen molar-refractivity contribution in [3.05, 3.63) is 50.9 Å². The number of hydrogen-bond acceptors (Lipinski definition) is 4. The van der Waals surface area contributed by atoms with Crippen molar-refractivity contribution >= 4 is 46.4 Å². The molecule has 1 aromatic carbocycles. The summed E-state index contributed by atoms with van der Waals surface area (Å²) in [4.78, 5) is 11.8. The molecular formula is C15H13Cl3N2O3. The second kappa shape index (κ2) is 7.73. The van der Waals surface area contributed by atoms with Gasteiger partial charge in [0.2, 0.25) is 0 Å². The van der Waals surface area contributed by atoms with Crippen molar-refractivity contribution in [2.75, 3.05) is 6.61 Å². The molecule has 1 amide bonds. The van der Waals surface area contributed by atoms with E-state index >= 15 is 0 Å². The standard InChI is InChI=1S/C15H13Cl3N2O3/c1-8-3-4-13(23-8)9(2)19-20-14(21)7-22-15-11(17)5-10(16)6-12(15)18/h3-6H,7H2,1-2H3,(H,20,21)/b19-9+. The number of halogens is 3. The van der Waals surface area contributed by atoms with E-state index in [-0.39, 0.29) is 22.4 Å². The molecule has 122 valence electrons. The largest absolute Gasteiger partial charge is 0.481 e. The third kappa shape index (κ3) is 4.89. The third-order valence-electron chi connectivity index (χ3n) is 2.76. The Kier molecular flexibility index (Phi) is 5.93. The highest BCUT2D eigenvalue weighted by Crippen LogP contribution is 2.35. The van der Waals surface area contributed by atoms with Crippen LogP contribution < -0.4 is 10.2 Å². The van der Waals surface area contributed by atoms with E-state index in [0.29, 0.717) is 16.5 Å². The van der Waals surface area contributed by atoms with Crippen molar-refractivity contribution in [3.8, 4) is 5.75 Å². The van der Waals surface area contributed by atoms with Crippen LogP contribution in [0.4, 0.5) is 0 Å². The zero-order valence-electron chi connectivity index (χ0n) is 12.3. The Morgan fingerprint density at radius 1 is 1.26 bits per heavy atom. The molecule has 0 unspecified atom stereocenters. The van der Waals surface area contributed by atoms with Crippen molar-refractivity contribution in [1.29, 1.82) is 0 Å². The van der Waals surface area contributed by atoms with Gasteiger partial charge in [0.15, 0.2) is 12.4 Å². The first-order chi connectivity index (χ1) is 10.9. The highest BCUT2D eigenvalue weighted by molar-refractivity contribution is 6.40. The SMILES string of the molecule is C/C(=N\NC(=O)COc1c(Cl)cc(Cl)cc1Cl)c1ccc(C)o1. The zero-order chi connectivity index (χ0) is 17.0. The van der Waals surface area contributed by atoms with Gasteiger partial charge in [0.25, 0.3) is 5.91 Å². The monoisotopic (exact) mass is 374 g/mol. The van der Waals surface area contributed by atoms with Crippen LogP contribution in [0.15, 0.2) is 33.8 Å². The molecule has 0 saturated carbocycles. The lowest BCUT2D eigenvalue weighted by atomic mass is 10.3. The van der Waals surface area contributed by atoms with Crippen LogP contribution in [0.25, 0.3) is 0 Å². The van der Waals surface area contributed by atoms with E-state index in [1.54, 1.807) is 13.0 Å².